The van der Waals surface area contributed by atoms with E-state index in [1.807, 2.05) is 58.3 Å². The maximum atomic E-state index is 13.5. The van der Waals surface area contributed by atoms with E-state index in [0.29, 0.717) is 15.8 Å². The van der Waals surface area contributed by atoms with E-state index in [9.17, 15) is 4.79 Å². The first-order valence-corrected chi connectivity index (χ1v) is 13.9. The summed E-state index contributed by atoms with van der Waals surface area (Å²) in [5.74, 6) is 0.880. The molecule has 0 spiro atoms. The first kappa shape index (κ1) is 24.8. The van der Waals surface area contributed by atoms with Crippen molar-refractivity contribution in [3.05, 3.63) is 70.8 Å². The van der Waals surface area contributed by atoms with Crippen LogP contribution in [0.3, 0.4) is 0 Å². The van der Waals surface area contributed by atoms with Gasteiger partial charge in [0.15, 0.2) is 0 Å². The van der Waals surface area contributed by atoms with E-state index >= 15 is 0 Å². The number of aryl methyl sites for hydroxylation is 1. The first-order valence-electron chi connectivity index (χ1n) is 12.7. The third-order valence-corrected chi connectivity index (χ3v) is 8.07. The number of amides is 1. The van der Waals surface area contributed by atoms with Crippen LogP contribution in [0.15, 0.2) is 59.6 Å². The molecule has 0 bridgehead atoms. The summed E-state index contributed by atoms with van der Waals surface area (Å²) in [6, 6.07) is 16.4. The molecular weight excluding hydrogens is 486 g/mol. The first-order chi connectivity index (χ1) is 17.5. The predicted octanol–water partition coefficient (Wildman–Crippen LogP) is 7.17. The molecule has 1 amide bonds. The Bertz CT molecular complexity index is 1290. The highest BCUT2D eigenvalue weighted by Crippen LogP contribution is 2.39. The Morgan fingerprint density at radius 1 is 1.14 bits per heavy atom. The topological polar surface area (TPSA) is 47.4 Å². The maximum absolute atomic E-state index is 13.5. The molecule has 2 fully saturated rings. The van der Waals surface area contributed by atoms with Crippen molar-refractivity contribution < 1.29 is 9.53 Å². The minimum atomic E-state index is 0.0235. The molecule has 2 aliphatic rings. The van der Waals surface area contributed by atoms with E-state index in [2.05, 4.69) is 26.0 Å². The van der Waals surface area contributed by atoms with Crippen molar-refractivity contribution in [3.63, 3.8) is 0 Å². The third kappa shape index (κ3) is 5.13. The van der Waals surface area contributed by atoms with Crippen LogP contribution in [-0.2, 0) is 4.79 Å². The number of hydrogen-bond donors (Lipinski definition) is 0. The molecule has 5 nitrogen and oxygen atoms in total. The summed E-state index contributed by atoms with van der Waals surface area (Å²) in [7, 11) is 0. The number of benzene rings is 2. The van der Waals surface area contributed by atoms with Gasteiger partial charge in [-0.15, -0.1) is 0 Å². The predicted molar refractivity (Wildman–Crippen MR) is 151 cm³/mol. The van der Waals surface area contributed by atoms with Crippen LogP contribution in [0.4, 0.5) is 0 Å². The molecule has 1 aliphatic heterocycles. The van der Waals surface area contributed by atoms with Gasteiger partial charge in [-0.2, -0.15) is 5.10 Å². The van der Waals surface area contributed by atoms with Crippen LogP contribution in [0.5, 0.6) is 5.75 Å². The minimum absolute atomic E-state index is 0.0235. The van der Waals surface area contributed by atoms with Gasteiger partial charge < -0.3 is 4.74 Å². The van der Waals surface area contributed by atoms with Crippen molar-refractivity contribution in [2.24, 2.45) is 0 Å². The second kappa shape index (κ2) is 11.0. The Morgan fingerprint density at radius 3 is 2.64 bits per heavy atom. The van der Waals surface area contributed by atoms with E-state index in [4.69, 9.17) is 22.1 Å². The van der Waals surface area contributed by atoms with Gasteiger partial charge in [0.2, 0.25) is 0 Å². The van der Waals surface area contributed by atoms with Crippen LogP contribution in [0.2, 0.25) is 0 Å². The number of para-hydroxylation sites is 1. The van der Waals surface area contributed by atoms with Crippen molar-refractivity contribution in [2.75, 3.05) is 6.61 Å². The van der Waals surface area contributed by atoms with Crippen LogP contribution >= 0.6 is 24.0 Å². The second-order valence-corrected chi connectivity index (χ2v) is 11.1. The Hall–Kier alpha value is -2.90. The van der Waals surface area contributed by atoms with Gasteiger partial charge in [0.1, 0.15) is 15.8 Å². The van der Waals surface area contributed by atoms with Crippen molar-refractivity contribution in [3.8, 4) is 22.7 Å². The zero-order valence-corrected chi connectivity index (χ0v) is 22.4. The minimum Gasteiger partial charge on any atom is -0.494 e. The summed E-state index contributed by atoms with van der Waals surface area (Å²) < 4.78 is 8.38. The quantitative estimate of drug-likeness (QED) is 0.246. The molecule has 36 heavy (non-hydrogen) atoms. The SMILES string of the molecule is CCCOc1ccc(-c2nn(-c3ccccc3)cc2C=C2SC(=S)N(C3CCCCC3)C2=O)c(C)c1. The van der Waals surface area contributed by atoms with E-state index in [1.54, 1.807) is 0 Å². The summed E-state index contributed by atoms with van der Waals surface area (Å²) in [4.78, 5) is 16.0. The van der Waals surface area contributed by atoms with Crippen LogP contribution in [0.25, 0.3) is 23.0 Å². The highest BCUT2D eigenvalue weighted by Gasteiger charge is 2.37. The average molecular weight is 518 g/mol. The molecule has 5 rings (SSSR count). The maximum Gasteiger partial charge on any atom is 0.266 e. The van der Waals surface area contributed by atoms with Crippen LogP contribution < -0.4 is 4.74 Å². The highest BCUT2D eigenvalue weighted by molar-refractivity contribution is 8.26. The molecule has 0 radical (unpaired) electrons. The van der Waals surface area contributed by atoms with Gasteiger partial charge in [-0.3, -0.25) is 9.69 Å². The van der Waals surface area contributed by atoms with Gasteiger partial charge in [-0.05, 0) is 68.2 Å². The molecule has 0 N–H and O–H groups in total. The molecule has 1 saturated carbocycles. The summed E-state index contributed by atoms with van der Waals surface area (Å²) >= 11 is 7.07. The molecule has 186 valence electrons. The average Bonchev–Trinajstić information content (AvgIpc) is 3.44. The number of carbonyl (C=O) groups is 1. The molecule has 1 aliphatic carbocycles. The third-order valence-electron chi connectivity index (χ3n) is 6.74. The van der Waals surface area contributed by atoms with E-state index < -0.39 is 0 Å². The van der Waals surface area contributed by atoms with E-state index in [-0.39, 0.29) is 11.9 Å². The van der Waals surface area contributed by atoms with Crippen molar-refractivity contribution in [1.29, 1.82) is 0 Å². The molecule has 2 heterocycles. The summed E-state index contributed by atoms with van der Waals surface area (Å²) in [5, 5.41) is 4.96. The van der Waals surface area contributed by atoms with Gasteiger partial charge in [0.05, 0.1) is 17.2 Å². The molecule has 1 aromatic heterocycles. The molecule has 2 aromatic carbocycles. The summed E-state index contributed by atoms with van der Waals surface area (Å²) in [6.45, 7) is 4.86. The molecular formula is C29H31N3O2S2. The lowest BCUT2D eigenvalue weighted by molar-refractivity contribution is -0.124. The zero-order valence-electron chi connectivity index (χ0n) is 20.8. The fraction of sp³-hybridized carbons (Fsp3) is 0.345. The Labute approximate surface area is 222 Å². The number of ether oxygens (including phenoxy) is 1. The van der Waals surface area contributed by atoms with Crippen molar-refractivity contribution >= 4 is 40.3 Å². The summed E-state index contributed by atoms with van der Waals surface area (Å²) in [5.41, 5.74) is 4.79. The number of thiocarbonyl (C=S) groups is 1. The number of aromatic nitrogens is 2. The lowest BCUT2D eigenvalue weighted by Gasteiger charge is -2.29. The molecule has 7 heteroatoms. The number of hydrogen-bond acceptors (Lipinski definition) is 5. The van der Waals surface area contributed by atoms with Crippen LogP contribution in [0, 0.1) is 6.92 Å². The Morgan fingerprint density at radius 2 is 1.92 bits per heavy atom. The van der Waals surface area contributed by atoms with Crippen LogP contribution in [0.1, 0.15) is 56.6 Å². The van der Waals surface area contributed by atoms with Crippen molar-refractivity contribution in [1.82, 2.24) is 14.7 Å². The van der Waals surface area contributed by atoms with Gasteiger partial charge >= 0.3 is 0 Å². The number of thioether (sulfide) groups is 1. The fourth-order valence-electron chi connectivity index (χ4n) is 4.90. The Balaban J connectivity index is 1.53. The van der Waals surface area contributed by atoms with E-state index in [0.717, 1.165) is 65.9 Å². The van der Waals surface area contributed by atoms with Crippen molar-refractivity contribution in [2.45, 2.75) is 58.4 Å². The zero-order chi connectivity index (χ0) is 25.1. The number of nitrogens with zero attached hydrogens (tertiary/aromatic N) is 3. The molecule has 0 unspecified atom stereocenters. The molecule has 0 atom stereocenters. The molecule has 1 saturated heterocycles. The van der Waals surface area contributed by atoms with Crippen LogP contribution in [-0.4, -0.2) is 37.6 Å². The standard InChI is InChI=1S/C29H31N3O2S2/c1-3-16-34-24-14-15-25(20(2)17-24)27-21(19-31(30-27)22-10-6-4-7-11-22)18-26-28(33)32(29(35)36-26)23-12-8-5-9-13-23/h4,6-7,10-11,14-15,17-19,23H,3,5,8-9,12-13,16H2,1-2H3. The fourth-order valence-corrected chi connectivity index (χ4v) is 6.29. The van der Waals surface area contributed by atoms with Gasteiger partial charge in [0.25, 0.3) is 5.91 Å². The highest BCUT2D eigenvalue weighted by atomic mass is 32.2. The van der Waals surface area contributed by atoms with E-state index in [1.165, 1.54) is 18.2 Å². The monoisotopic (exact) mass is 517 g/mol. The number of carbonyl (C=O) groups excluding carboxylic acids is 1. The normalized spacial score (nSPS) is 17.8. The second-order valence-electron chi connectivity index (χ2n) is 9.38. The lowest BCUT2D eigenvalue weighted by Crippen LogP contribution is -2.39. The largest absolute Gasteiger partial charge is 0.494 e. The van der Waals surface area contributed by atoms with Gasteiger partial charge in [-0.1, -0.05) is 68.4 Å². The Kier molecular flexibility index (Phi) is 7.58. The number of rotatable bonds is 7. The smallest absolute Gasteiger partial charge is 0.266 e. The van der Waals surface area contributed by atoms with Gasteiger partial charge in [0, 0.05) is 23.4 Å². The van der Waals surface area contributed by atoms with Gasteiger partial charge in [-0.25, -0.2) is 4.68 Å². The summed E-state index contributed by atoms with van der Waals surface area (Å²) in [6.07, 6.45) is 10.5. The molecule has 3 aromatic rings. The lowest BCUT2D eigenvalue weighted by atomic mass is 9.94.